The van der Waals surface area contributed by atoms with Gasteiger partial charge in [-0.15, -0.1) is 11.3 Å². The minimum atomic E-state index is 0.247. The molecule has 74 valence electrons. The molecule has 0 aliphatic carbocycles. The average Bonchev–Trinajstić information content (AvgIpc) is 2.65. The summed E-state index contributed by atoms with van der Waals surface area (Å²) >= 11 is 1.72. The van der Waals surface area contributed by atoms with Gasteiger partial charge in [0.1, 0.15) is 0 Å². The molecule has 0 aromatic carbocycles. The van der Waals surface area contributed by atoms with Crippen LogP contribution in [-0.2, 0) is 9.57 Å². The lowest BCUT2D eigenvalue weighted by Gasteiger charge is -2.11. The summed E-state index contributed by atoms with van der Waals surface area (Å²) in [7, 11) is 1.66. The predicted octanol–water partition coefficient (Wildman–Crippen LogP) is 1.98. The van der Waals surface area contributed by atoms with Crippen molar-refractivity contribution in [2.45, 2.75) is 13.0 Å². The molecule has 1 atom stereocenters. The smallest absolute Gasteiger partial charge is 0.0916 e. The number of rotatable bonds is 6. The molecule has 0 aliphatic heterocycles. The first-order chi connectivity index (χ1) is 6.34. The van der Waals surface area contributed by atoms with Crippen LogP contribution >= 0.6 is 11.3 Å². The molecular weight excluding hydrogens is 186 g/mol. The lowest BCUT2D eigenvalue weighted by atomic mass is 10.3. The predicted molar refractivity (Wildman–Crippen MR) is 53.7 cm³/mol. The van der Waals surface area contributed by atoms with E-state index in [-0.39, 0.29) is 6.04 Å². The van der Waals surface area contributed by atoms with Gasteiger partial charge in [0.2, 0.25) is 0 Å². The zero-order chi connectivity index (χ0) is 9.52. The first kappa shape index (κ1) is 10.7. The molecule has 13 heavy (non-hydrogen) atoms. The van der Waals surface area contributed by atoms with E-state index in [4.69, 9.17) is 9.57 Å². The molecule has 0 saturated heterocycles. The van der Waals surface area contributed by atoms with Crippen molar-refractivity contribution in [3.8, 4) is 0 Å². The number of nitrogens with one attached hydrogen (secondary N) is 1. The van der Waals surface area contributed by atoms with E-state index in [0.717, 1.165) is 0 Å². The highest BCUT2D eigenvalue weighted by Crippen LogP contribution is 2.17. The lowest BCUT2D eigenvalue weighted by Crippen LogP contribution is -2.20. The molecule has 1 aromatic heterocycles. The lowest BCUT2D eigenvalue weighted by molar-refractivity contribution is -0.00868. The van der Waals surface area contributed by atoms with Crippen LogP contribution in [0.25, 0.3) is 0 Å². The third-order valence-corrected chi connectivity index (χ3v) is 2.67. The summed E-state index contributed by atoms with van der Waals surface area (Å²) < 4.78 is 4.85. The molecule has 1 unspecified atom stereocenters. The minimum absolute atomic E-state index is 0.247. The summed E-state index contributed by atoms with van der Waals surface area (Å²) in [5.41, 5.74) is 2.95. The van der Waals surface area contributed by atoms with Crippen LogP contribution in [0.3, 0.4) is 0 Å². The Kier molecular flexibility index (Phi) is 5.00. The van der Waals surface area contributed by atoms with Crippen molar-refractivity contribution in [1.82, 2.24) is 5.48 Å². The highest BCUT2D eigenvalue weighted by molar-refractivity contribution is 7.10. The van der Waals surface area contributed by atoms with Crippen LogP contribution in [0.2, 0.25) is 0 Å². The van der Waals surface area contributed by atoms with Gasteiger partial charge in [0, 0.05) is 12.0 Å². The second-order valence-electron chi connectivity index (χ2n) is 2.70. The number of methoxy groups -OCH3 is 1. The van der Waals surface area contributed by atoms with Crippen LogP contribution in [0.15, 0.2) is 17.5 Å². The Bertz CT molecular complexity index is 213. The zero-order valence-electron chi connectivity index (χ0n) is 7.95. The maximum atomic E-state index is 5.19. The molecule has 0 amide bonds. The maximum Gasteiger partial charge on any atom is 0.0916 e. The fraction of sp³-hybridized carbons (Fsp3) is 0.556. The molecule has 0 fully saturated rings. The summed E-state index contributed by atoms with van der Waals surface area (Å²) in [5, 5.41) is 2.06. The van der Waals surface area contributed by atoms with E-state index >= 15 is 0 Å². The van der Waals surface area contributed by atoms with E-state index in [9.17, 15) is 0 Å². The molecular formula is C9H15NO2S. The molecule has 0 radical (unpaired) electrons. The molecule has 1 N–H and O–H groups in total. The Morgan fingerprint density at radius 3 is 3.00 bits per heavy atom. The van der Waals surface area contributed by atoms with Gasteiger partial charge in [-0.1, -0.05) is 6.07 Å². The van der Waals surface area contributed by atoms with Crippen LogP contribution in [0.5, 0.6) is 0 Å². The van der Waals surface area contributed by atoms with Crippen LogP contribution in [-0.4, -0.2) is 20.3 Å². The van der Waals surface area contributed by atoms with E-state index in [1.165, 1.54) is 4.88 Å². The van der Waals surface area contributed by atoms with Gasteiger partial charge < -0.3 is 4.74 Å². The third-order valence-electron chi connectivity index (χ3n) is 1.62. The van der Waals surface area contributed by atoms with Crippen molar-refractivity contribution >= 4 is 11.3 Å². The standard InChI is InChI=1S/C9H15NO2S/c1-8(9-4-3-7-13-9)10-12-6-5-11-2/h3-4,7-8,10H,5-6H2,1-2H3. The van der Waals surface area contributed by atoms with E-state index in [1.807, 2.05) is 6.07 Å². The van der Waals surface area contributed by atoms with E-state index in [0.29, 0.717) is 13.2 Å². The Balaban J connectivity index is 2.15. The highest BCUT2D eigenvalue weighted by Gasteiger charge is 2.04. The van der Waals surface area contributed by atoms with Gasteiger partial charge in [-0.25, -0.2) is 0 Å². The van der Waals surface area contributed by atoms with Crippen molar-refractivity contribution in [2.75, 3.05) is 20.3 Å². The van der Waals surface area contributed by atoms with Gasteiger partial charge in [-0.2, -0.15) is 5.48 Å². The number of hydrogen-bond acceptors (Lipinski definition) is 4. The van der Waals surface area contributed by atoms with Crippen molar-refractivity contribution in [3.05, 3.63) is 22.4 Å². The number of hydrogen-bond donors (Lipinski definition) is 1. The normalized spacial score (nSPS) is 13.1. The highest BCUT2D eigenvalue weighted by atomic mass is 32.1. The van der Waals surface area contributed by atoms with E-state index in [2.05, 4.69) is 23.9 Å². The molecule has 1 heterocycles. The van der Waals surface area contributed by atoms with Gasteiger partial charge in [-0.3, -0.25) is 4.84 Å². The number of ether oxygens (including phenoxy) is 1. The van der Waals surface area contributed by atoms with Crippen LogP contribution in [0, 0.1) is 0 Å². The average molecular weight is 201 g/mol. The SMILES string of the molecule is COCCONC(C)c1cccs1. The summed E-state index contributed by atoms with van der Waals surface area (Å²) in [5.74, 6) is 0. The summed E-state index contributed by atoms with van der Waals surface area (Å²) in [6.45, 7) is 3.26. The summed E-state index contributed by atoms with van der Waals surface area (Å²) in [6.07, 6.45) is 0. The van der Waals surface area contributed by atoms with Gasteiger partial charge in [-0.05, 0) is 18.4 Å². The van der Waals surface area contributed by atoms with Gasteiger partial charge in [0.25, 0.3) is 0 Å². The Labute approximate surface area is 82.6 Å². The second kappa shape index (κ2) is 6.10. The molecule has 3 nitrogen and oxygen atoms in total. The fourth-order valence-electron chi connectivity index (χ4n) is 0.905. The topological polar surface area (TPSA) is 30.5 Å². The van der Waals surface area contributed by atoms with Crippen molar-refractivity contribution in [3.63, 3.8) is 0 Å². The fourth-order valence-corrected chi connectivity index (χ4v) is 1.63. The van der Waals surface area contributed by atoms with Gasteiger partial charge >= 0.3 is 0 Å². The first-order valence-electron chi connectivity index (χ1n) is 4.24. The third kappa shape index (κ3) is 3.87. The molecule has 0 saturated carbocycles. The van der Waals surface area contributed by atoms with Crippen molar-refractivity contribution in [1.29, 1.82) is 0 Å². The monoisotopic (exact) mass is 201 g/mol. The molecule has 0 aliphatic rings. The zero-order valence-corrected chi connectivity index (χ0v) is 8.76. The van der Waals surface area contributed by atoms with Gasteiger partial charge in [0.05, 0.1) is 19.3 Å². The summed E-state index contributed by atoms with van der Waals surface area (Å²) in [6, 6.07) is 4.37. The van der Waals surface area contributed by atoms with Crippen LogP contribution < -0.4 is 5.48 Å². The van der Waals surface area contributed by atoms with Crippen LogP contribution in [0.1, 0.15) is 17.8 Å². The first-order valence-corrected chi connectivity index (χ1v) is 5.12. The minimum Gasteiger partial charge on any atom is -0.382 e. The van der Waals surface area contributed by atoms with Gasteiger partial charge in [0.15, 0.2) is 0 Å². The molecule has 1 rings (SSSR count). The largest absolute Gasteiger partial charge is 0.382 e. The van der Waals surface area contributed by atoms with Crippen LogP contribution in [0.4, 0.5) is 0 Å². The molecule has 4 heteroatoms. The molecule has 0 spiro atoms. The number of thiophene rings is 1. The van der Waals surface area contributed by atoms with E-state index < -0.39 is 0 Å². The molecule has 1 aromatic rings. The number of hydroxylamine groups is 1. The van der Waals surface area contributed by atoms with Crippen molar-refractivity contribution in [2.24, 2.45) is 0 Å². The summed E-state index contributed by atoms with van der Waals surface area (Å²) in [4.78, 5) is 6.47. The second-order valence-corrected chi connectivity index (χ2v) is 3.68. The van der Waals surface area contributed by atoms with E-state index in [1.54, 1.807) is 18.4 Å². The van der Waals surface area contributed by atoms with Crippen molar-refractivity contribution < 1.29 is 9.57 Å². The maximum absolute atomic E-state index is 5.19. The Hall–Kier alpha value is -0.420. The quantitative estimate of drug-likeness (QED) is 0.564. The Morgan fingerprint density at radius 1 is 1.54 bits per heavy atom. The Morgan fingerprint density at radius 2 is 2.38 bits per heavy atom. The molecule has 0 bridgehead atoms.